The minimum absolute atomic E-state index is 0.0205. The van der Waals surface area contributed by atoms with E-state index >= 15 is 0 Å². The van der Waals surface area contributed by atoms with Crippen LogP contribution in [0.2, 0.25) is 0 Å². The molecule has 0 fully saturated rings. The number of hydrogen-bond acceptors (Lipinski definition) is 4. The predicted molar refractivity (Wildman–Crippen MR) is 78.0 cm³/mol. The van der Waals surface area contributed by atoms with Crippen molar-refractivity contribution in [1.29, 1.82) is 0 Å². The summed E-state index contributed by atoms with van der Waals surface area (Å²) in [5, 5.41) is 30.5. The second-order valence-corrected chi connectivity index (χ2v) is 4.80. The topological polar surface area (TPSA) is 72.7 Å². The number of hydrogen-bond donors (Lipinski definition) is 4. The van der Waals surface area contributed by atoms with Gasteiger partial charge in [0.25, 0.3) is 0 Å². The van der Waals surface area contributed by atoms with Crippen LogP contribution in [0.25, 0.3) is 0 Å². The molecule has 20 heavy (non-hydrogen) atoms. The van der Waals surface area contributed by atoms with E-state index in [4.69, 9.17) is 5.11 Å². The first-order chi connectivity index (χ1) is 9.58. The van der Waals surface area contributed by atoms with E-state index in [0.29, 0.717) is 5.75 Å². The largest absolute Gasteiger partial charge is 0.508 e. The van der Waals surface area contributed by atoms with Crippen molar-refractivity contribution in [3.05, 3.63) is 53.6 Å². The van der Waals surface area contributed by atoms with Crippen molar-refractivity contribution in [1.82, 2.24) is 5.32 Å². The van der Waals surface area contributed by atoms with Crippen LogP contribution in [0, 0.1) is 0 Å². The normalized spacial score (nSPS) is 16.8. The molecule has 3 rings (SSSR count). The van der Waals surface area contributed by atoms with Gasteiger partial charge in [-0.25, -0.2) is 0 Å². The van der Waals surface area contributed by atoms with Gasteiger partial charge >= 0.3 is 0 Å². The molecular formula is C16H19NO3. The monoisotopic (exact) mass is 273 g/mol. The van der Waals surface area contributed by atoms with Gasteiger partial charge in [-0.05, 0) is 55.3 Å². The fourth-order valence-electron chi connectivity index (χ4n) is 2.22. The molecule has 1 aliphatic heterocycles. The number of nitrogens with one attached hydrogen (secondary N) is 1. The van der Waals surface area contributed by atoms with Crippen molar-refractivity contribution in [2.45, 2.75) is 19.4 Å². The van der Waals surface area contributed by atoms with Crippen molar-refractivity contribution < 1.29 is 15.3 Å². The van der Waals surface area contributed by atoms with Gasteiger partial charge in [0, 0.05) is 6.04 Å². The Bertz CT molecular complexity index is 569. The van der Waals surface area contributed by atoms with Crippen LogP contribution in [0.5, 0.6) is 17.2 Å². The average molecular weight is 273 g/mol. The minimum Gasteiger partial charge on any atom is -0.508 e. The summed E-state index contributed by atoms with van der Waals surface area (Å²) in [4.78, 5) is 0. The van der Waals surface area contributed by atoms with Crippen LogP contribution in [0.1, 0.15) is 24.1 Å². The Hall–Kier alpha value is -2.20. The number of aromatic hydroxyl groups is 3. The molecule has 4 nitrogen and oxygen atoms in total. The average Bonchev–Trinajstić information content (AvgIpc) is 2.43. The van der Waals surface area contributed by atoms with E-state index in [1.165, 1.54) is 0 Å². The molecule has 1 heterocycles. The molecule has 0 aliphatic carbocycles. The number of benzene rings is 2. The Morgan fingerprint density at radius 1 is 1.00 bits per heavy atom. The van der Waals surface area contributed by atoms with Crippen LogP contribution < -0.4 is 5.32 Å². The highest BCUT2D eigenvalue weighted by molar-refractivity contribution is 5.47. The van der Waals surface area contributed by atoms with Gasteiger partial charge in [0.2, 0.25) is 0 Å². The summed E-state index contributed by atoms with van der Waals surface area (Å²) in [5.41, 5.74) is 2.21. The lowest BCUT2D eigenvalue weighted by atomic mass is 9.95. The third kappa shape index (κ3) is 3.42. The van der Waals surface area contributed by atoms with E-state index in [-0.39, 0.29) is 17.5 Å². The molecule has 4 N–H and O–H groups in total. The Morgan fingerprint density at radius 3 is 2.25 bits per heavy atom. The van der Waals surface area contributed by atoms with Gasteiger partial charge < -0.3 is 20.6 Å². The van der Waals surface area contributed by atoms with Crippen LogP contribution in [-0.4, -0.2) is 21.9 Å². The lowest BCUT2D eigenvalue weighted by Gasteiger charge is -2.24. The van der Waals surface area contributed by atoms with Crippen LogP contribution in [0.3, 0.4) is 0 Å². The number of fused-ring (bicyclic) bond motifs is 1. The van der Waals surface area contributed by atoms with Crippen molar-refractivity contribution in [3.8, 4) is 17.2 Å². The molecule has 0 bridgehead atoms. The van der Waals surface area contributed by atoms with Crippen molar-refractivity contribution in [3.63, 3.8) is 0 Å². The highest BCUT2D eigenvalue weighted by Crippen LogP contribution is 2.33. The zero-order valence-corrected chi connectivity index (χ0v) is 11.4. The molecule has 0 spiro atoms. The molecule has 106 valence electrons. The van der Waals surface area contributed by atoms with Gasteiger partial charge in [-0.2, -0.15) is 0 Å². The maximum absolute atomic E-state index is 9.32. The van der Waals surface area contributed by atoms with E-state index in [0.717, 1.165) is 24.1 Å². The number of phenols is 3. The number of para-hydroxylation sites is 1. The van der Waals surface area contributed by atoms with Crippen LogP contribution in [0.4, 0.5) is 0 Å². The molecule has 0 aromatic heterocycles. The lowest BCUT2D eigenvalue weighted by Crippen LogP contribution is -2.27. The van der Waals surface area contributed by atoms with E-state index in [1.54, 1.807) is 36.4 Å². The molecule has 0 saturated heterocycles. The molecule has 0 saturated carbocycles. The van der Waals surface area contributed by atoms with Crippen LogP contribution >= 0.6 is 0 Å². The standard InChI is InChI=1S/C10H13NO2.C6H6O/c1-6-8-5-10(13)9(12)4-7(8)2-3-11-6;7-6-4-2-1-3-5-6/h4-6,11-13H,2-3H2,1H3;1-5,7H/t6-;/m0./s1. The summed E-state index contributed by atoms with van der Waals surface area (Å²) < 4.78 is 0. The molecule has 2 aromatic rings. The lowest BCUT2D eigenvalue weighted by molar-refractivity contribution is 0.399. The minimum atomic E-state index is -0.0331. The second kappa shape index (κ2) is 6.30. The molecule has 4 heteroatoms. The summed E-state index contributed by atoms with van der Waals surface area (Å²) in [6.07, 6.45) is 0.910. The quantitative estimate of drug-likeness (QED) is 0.557. The molecule has 0 unspecified atom stereocenters. The number of rotatable bonds is 0. The van der Waals surface area contributed by atoms with Gasteiger partial charge in [0.15, 0.2) is 11.5 Å². The van der Waals surface area contributed by atoms with E-state index in [9.17, 15) is 10.2 Å². The molecule has 1 aliphatic rings. The zero-order valence-electron chi connectivity index (χ0n) is 11.4. The van der Waals surface area contributed by atoms with Gasteiger partial charge in [0.05, 0.1) is 0 Å². The summed E-state index contributed by atoms with van der Waals surface area (Å²) in [6, 6.07) is 12.3. The summed E-state index contributed by atoms with van der Waals surface area (Å²) >= 11 is 0. The summed E-state index contributed by atoms with van der Waals surface area (Å²) in [7, 11) is 0. The van der Waals surface area contributed by atoms with E-state index in [2.05, 4.69) is 12.2 Å². The Morgan fingerprint density at radius 2 is 1.65 bits per heavy atom. The molecule has 0 amide bonds. The second-order valence-electron chi connectivity index (χ2n) is 4.80. The Kier molecular flexibility index (Phi) is 4.48. The van der Waals surface area contributed by atoms with Crippen molar-refractivity contribution in [2.75, 3.05) is 6.54 Å². The first-order valence-corrected chi connectivity index (χ1v) is 6.60. The third-order valence-electron chi connectivity index (χ3n) is 3.30. The molecule has 2 aromatic carbocycles. The van der Waals surface area contributed by atoms with E-state index < -0.39 is 0 Å². The third-order valence-corrected chi connectivity index (χ3v) is 3.30. The highest BCUT2D eigenvalue weighted by atomic mass is 16.3. The van der Waals surface area contributed by atoms with Crippen LogP contribution in [-0.2, 0) is 6.42 Å². The fourth-order valence-corrected chi connectivity index (χ4v) is 2.22. The fraction of sp³-hybridized carbons (Fsp3) is 0.250. The maximum atomic E-state index is 9.32. The van der Waals surface area contributed by atoms with Crippen LogP contribution in [0.15, 0.2) is 42.5 Å². The van der Waals surface area contributed by atoms with E-state index in [1.807, 2.05) is 6.07 Å². The van der Waals surface area contributed by atoms with Gasteiger partial charge in [0.1, 0.15) is 5.75 Å². The summed E-state index contributed by atoms with van der Waals surface area (Å²) in [6.45, 7) is 2.98. The first-order valence-electron chi connectivity index (χ1n) is 6.60. The zero-order chi connectivity index (χ0) is 14.5. The van der Waals surface area contributed by atoms with Crippen molar-refractivity contribution in [2.24, 2.45) is 0 Å². The molecule has 0 radical (unpaired) electrons. The van der Waals surface area contributed by atoms with Gasteiger partial charge in [-0.3, -0.25) is 0 Å². The Balaban J connectivity index is 0.000000178. The molecule has 1 atom stereocenters. The van der Waals surface area contributed by atoms with Crippen molar-refractivity contribution >= 4 is 0 Å². The highest BCUT2D eigenvalue weighted by Gasteiger charge is 2.17. The first kappa shape index (κ1) is 14.2. The molecular weight excluding hydrogens is 254 g/mol. The smallest absolute Gasteiger partial charge is 0.157 e. The summed E-state index contributed by atoms with van der Waals surface area (Å²) in [5.74, 6) is 0.268. The SMILES string of the molecule is C[C@@H]1NCCc2cc(O)c(O)cc21.Oc1ccccc1. The Labute approximate surface area is 118 Å². The number of phenolic OH excluding ortho intramolecular Hbond substituents is 3. The van der Waals surface area contributed by atoms with Gasteiger partial charge in [-0.1, -0.05) is 18.2 Å². The van der Waals surface area contributed by atoms with Gasteiger partial charge in [-0.15, -0.1) is 0 Å². The predicted octanol–water partition coefficient (Wildman–Crippen LogP) is 2.70. The maximum Gasteiger partial charge on any atom is 0.157 e.